The zero-order chi connectivity index (χ0) is 15.7. The second kappa shape index (κ2) is 8.33. The lowest BCUT2D eigenvalue weighted by Gasteiger charge is -2.17. The van der Waals surface area contributed by atoms with E-state index in [1.165, 1.54) is 6.07 Å². The maximum Gasteiger partial charge on any atom is 0.266 e. The Bertz CT molecular complexity index is 739. The third-order valence-corrected chi connectivity index (χ3v) is 3.84. The Morgan fingerprint density at radius 3 is 2.57 bits per heavy atom. The van der Waals surface area contributed by atoms with Crippen molar-refractivity contribution in [3.63, 3.8) is 0 Å². The molecule has 130 valence electrons. The van der Waals surface area contributed by atoms with Crippen LogP contribution >= 0.6 is 24.8 Å². The first kappa shape index (κ1) is 21.4. The van der Waals surface area contributed by atoms with E-state index in [0.717, 1.165) is 17.0 Å². The molecule has 2 atom stereocenters. The van der Waals surface area contributed by atoms with Crippen LogP contribution in [0.25, 0.3) is 5.65 Å². The fourth-order valence-corrected chi connectivity index (χ4v) is 2.19. The number of rotatable bonds is 4. The first-order chi connectivity index (χ1) is 9.81. The van der Waals surface area contributed by atoms with Crippen molar-refractivity contribution in [3.05, 3.63) is 33.4 Å². The first-order valence-corrected chi connectivity index (χ1v) is 6.92. The van der Waals surface area contributed by atoms with Gasteiger partial charge in [-0.3, -0.25) is 14.7 Å². The summed E-state index contributed by atoms with van der Waals surface area (Å²) in [5.41, 5.74) is 8.64. The number of amides is 1. The van der Waals surface area contributed by atoms with Crippen molar-refractivity contribution in [2.45, 2.75) is 40.3 Å². The van der Waals surface area contributed by atoms with Crippen LogP contribution in [-0.4, -0.2) is 26.5 Å². The van der Waals surface area contributed by atoms with E-state index in [2.05, 4.69) is 15.4 Å². The number of hydrogen-bond acceptors (Lipinski definition) is 4. The minimum absolute atomic E-state index is 0. The van der Waals surface area contributed by atoms with Gasteiger partial charge in [0.15, 0.2) is 5.65 Å². The molecule has 0 aliphatic carbocycles. The summed E-state index contributed by atoms with van der Waals surface area (Å²) in [5.74, 6) is -0.349. The monoisotopic (exact) mass is 363 g/mol. The standard InChI is InChI=1S/C14H21N5O2.2ClH/c1-7(8(2)15)14(21)16-6-11-9(3)17-12-5-13(20)18-19(12)10(11)4;;/h5,7-8H,6,15H2,1-4H3,(H,16,21)(H,18,20);2*1H. The summed E-state index contributed by atoms with van der Waals surface area (Å²) in [6.07, 6.45) is 0. The van der Waals surface area contributed by atoms with Gasteiger partial charge in [-0.15, -0.1) is 24.8 Å². The molecule has 2 heterocycles. The van der Waals surface area contributed by atoms with Gasteiger partial charge in [-0.1, -0.05) is 6.92 Å². The summed E-state index contributed by atoms with van der Waals surface area (Å²) in [5, 5.41) is 5.56. The number of nitrogens with one attached hydrogen (secondary N) is 2. The molecule has 0 aromatic carbocycles. The Morgan fingerprint density at radius 2 is 2.00 bits per heavy atom. The molecule has 7 nitrogen and oxygen atoms in total. The Hall–Kier alpha value is -1.57. The number of aromatic nitrogens is 3. The Kier molecular flexibility index (Phi) is 7.76. The van der Waals surface area contributed by atoms with Crippen molar-refractivity contribution in [1.82, 2.24) is 19.9 Å². The van der Waals surface area contributed by atoms with E-state index in [1.54, 1.807) is 18.4 Å². The van der Waals surface area contributed by atoms with E-state index >= 15 is 0 Å². The third-order valence-electron chi connectivity index (χ3n) is 3.84. The molecule has 1 amide bonds. The lowest BCUT2D eigenvalue weighted by molar-refractivity contribution is -0.125. The van der Waals surface area contributed by atoms with Crippen LogP contribution in [0.5, 0.6) is 0 Å². The lowest BCUT2D eigenvalue weighted by Crippen LogP contribution is -2.38. The molecule has 0 saturated carbocycles. The van der Waals surface area contributed by atoms with E-state index in [9.17, 15) is 9.59 Å². The number of hydrogen-bond donors (Lipinski definition) is 3. The number of nitrogens with two attached hydrogens (primary N) is 1. The number of carbonyl (C=O) groups is 1. The van der Waals surface area contributed by atoms with Gasteiger partial charge in [0.25, 0.3) is 5.56 Å². The summed E-state index contributed by atoms with van der Waals surface area (Å²) >= 11 is 0. The van der Waals surface area contributed by atoms with Crippen molar-refractivity contribution >= 4 is 36.4 Å². The van der Waals surface area contributed by atoms with Crippen molar-refractivity contribution in [1.29, 1.82) is 0 Å². The third kappa shape index (κ3) is 4.46. The van der Waals surface area contributed by atoms with Crippen LogP contribution in [0.3, 0.4) is 0 Å². The second-order valence-corrected chi connectivity index (χ2v) is 5.44. The maximum absolute atomic E-state index is 12.0. The van der Waals surface area contributed by atoms with Crippen molar-refractivity contribution < 1.29 is 4.79 Å². The number of H-pyrrole nitrogens is 1. The van der Waals surface area contributed by atoms with Crippen molar-refractivity contribution in [2.75, 3.05) is 0 Å². The molecule has 0 aliphatic heterocycles. The van der Waals surface area contributed by atoms with E-state index in [4.69, 9.17) is 5.73 Å². The minimum atomic E-state index is -0.256. The topological polar surface area (TPSA) is 105 Å². The molecule has 0 saturated heterocycles. The number of carbonyl (C=O) groups excluding carboxylic acids is 1. The van der Waals surface area contributed by atoms with Gasteiger partial charge >= 0.3 is 0 Å². The molecule has 2 aromatic rings. The van der Waals surface area contributed by atoms with E-state index < -0.39 is 0 Å². The van der Waals surface area contributed by atoms with Crippen LogP contribution in [0, 0.1) is 19.8 Å². The molecular weight excluding hydrogens is 341 g/mol. The smallest absolute Gasteiger partial charge is 0.266 e. The van der Waals surface area contributed by atoms with Gasteiger partial charge in [0, 0.05) is 41.5 Å². The average Bonchev–Trinajstić information content (AvgIpc) is 2.77. The molecule has 4 N–H and O–H groups in total. The fourth-order valence-electron chi connectivity index (χ4n) is 2.19. The number of fused-ring (bicyclic) bond motifs is 1. The van der Waals surface area contributed by atoms with E-state index in [-0.39, 0.29) is 48.2 Å². The lowest BCUT2D eigenvalue weighted by atomic mass is 10.0. The summed E-state index contributed by atoms with van der Waals surface area (Å²) < 4.78 is 1.63. The highest BCUT2D eigenvalue weighted by molar-refractivity contribution is 5.85. The average molecular weight is 364 g/mol. The highest BCUT2D eigenvalue weighted by Gasteiger charge is 2.18. The number of nitrogens with zero attached hydrogens (tertiary/aromatic N) is 2. The molecule has 0 radical (unpaired) electrons. The molecule has 2 rings (SSSR count). The number of halogens is 2. The van der Waals surface area contributed by atoms with Crippen LogP contribution in [-0.2, 0) is 11.3 Å². The predicted molar refractivity (Wildman–Crippen MR) is 94.4 cm³/mol. The predicted octanol–water partition coefficient (Wildman–Crippen LogP) is 1.08. The van der Waals surface area contributed by atoms with Crippen LogP contribution in [0.1, 0.15) is 30.8 Å². The SMILES string of the molecule is Cc1nc2cc(=O)[nH]n2c(C)c1CNC(=O)C(C)C(C)N.Cl.Cl. The van der Waals surface area contributed by atoms with Crippen LogP contribution < -0.4 is 16.6 Å². The van der Waals surface area contributed by atoms with Gasteiger partial charge < -0.3 is 11.1 Å². The molecule has 0 aliphatic rings. The Morgan fingerprint density at radius 1 is 1.39 bits per heavy atom. The highest BCUT2D eigenvalue weighted by atomic mass is 35.5. The van der Waals surface area contributed by atoms with Crippen molar-refractivity contribution in [2.24, 2.45) is 11.7 Å². The van der Waals surface area contributed by atoms with Crippen LogP contribution in [0.4, 0.5) is 0 Å². The largest absolute Gasteiger partial charge is 0.352 e. The molecule has 23 heavy (non-hydrogen) atoms. The van der Waals surface area contributed by atoms with Gasteiger partial charge in [0.1, 0.15) is 0 Å². The fraction of sp³-hybridized carbons (Fsp3) is 0.500. The second-order valence-electron chi connectivity index (χ2n) is 5.44. The Balaban J connectivity index is 0.00000242. The molecule has 2 unspecified atom stereocenters. The Labute approximate surface area is 146 Å². The number of aryl methyl sites for hydroxylation is 2. The number of aromatic amines is 1. The van der Waals surface area contributed by atoms with E-state index in [1.807, 2.05) is 13.8 Å². The van der Waals surface area contributed by atoms with Crippen molar-refractivity contribution in [3.8, 4) is 0 Å². The minimum Gasteiger partial charge on any atom is -0.352 e. The normalized spacial score (nSPS) is 12.9. The summed E-state index contributed by atoms with van der Waals surface area (Å²) in [7, 11) is 0. The molecule has 0 bridgehead atoms. The molecule has 9 heteroatoms. The zero-order valence-electron chi connectivity index (χ0n) is 13.5. The van der Waals surface area contributed by atoms with E-state index in [0.29, 0.717) is 12.2 Å². The summed E-state index contributed by atoms with van der Waals surface area (Å²) in [6, 6.07) is 1.24. The maximum atomic E-state index is 12.0. The van der Waals surface area contributed by atoms with Gasteiger partial charge in [0.05, 0.1) is 0 Å². The van der Waals surface area contributed by atoms with Gasteiger partial charge in [-0.2, -0.15) is 0 Å². The van der Waals surface area contributed by atoms with Gasteiger partial charge in [0.2, 0.25) is 5.91 Å². The molecule has 0 fully saturated rings. The highest BCUT2D eigenvalue weighted by Crippen LogP contribution is 2.13. The summed E-state index contributed by atoms with van der Waals surface area (Å²) in [4.78, 5) is 27.7. The van der Waals surface area contributed by atoms with Gasteiger partial charge in [-0.05, 0) is 20.8 Å². The first-order valence-electron chi connectivity index (χ1n) is 6.92. The van der Waals surface area contributed by atoms with Crippen LogP contribution in [0.2, 0.25) is 0 Å². The zero-order valence-corrected chi connectivity index (χ0v) is 15.2. The molecular formula is C14H23Cl2N5O2. The quantitative estimate of drug-likeness (QED) is 0.755. The molecule has 0 spiro atoms. The summed E-state index contributed by atoms with van der Waals surface area (Å²) in [6.45, 7) is 7.70. The van der Waals surface area contributed by atoms with Gasteiger partial charge in [-0.25, -0.2) is 9.50 Å². The molecule has 2 aromatic heterocycles. The van der Waals surface area contributed by atoms with Crippen LogP contribution in [0.15, 0.2) is 10.9 Å².